The quantitative estimate of drug-likeness (QED) is 0.918. The zero-order valence-corrected chi connectivity index (χ0v) is 12.8. The van der Waals surface area contributed by atoms with E-state index in [-0.39, 0.29) is 12.2 Å². The molecule has 1 unspecified atom stereocenters. The van der Waals surface area contributed by atoms with Crippen LogP contribution in [0.2, 0.25) is 0 Å². The van der Waals surface area contributed by atoms with E-state index in [0.717, 1.165) is 66.3 Å². The van der Waals surface area contributed by atoms with Crippen molar-refractivity contribution in [3.8, 4) is 0 Å². The SMILES string of the molecule is CC(C)CC1Cc2c(F)c3c(c(CC(=O)O)c2C1)CCC3. The highest BCUT2D eigenvalue weighted by Gasteiger charge is 2.33. The summed E-state index contributed by atoms with van der Waals surface area (Å²) in [4.78, 5) is 11.2. The molecule has 0 amide bonds. The van der Waals surface area contributed by atoms with Gasteiger partial charge in [-0.1, -0.05) is 13.8 Å². The molecule has 0 aliphatic heterocycles. The van der Waals surface area contributed by atoms with E-state index in [0.29, 0.717) is 11.8 Å². The van der Waals surface area contributed by atoms with E-state index in [2.05, 4.69) is 13.8 Å². The number of carboxylic acids is 1. The largest absolute Gasteiger partial charge is 0.481 e. The smallest absolute Gasteiger partial charge is 0.307 e. The Balaban J connectivity index is 2.04. The van der Waals surface area contributed by atoms with Crippen LogP contribution in [0.15, 0.2) is 0 Å². The van der Waals surface area contributed by atoms with E-state index >= 15 is 0 Å². The van der Waals surface area contributed by atoms with Crippen LogP contribution in [-0.4, -0.2) is 11.1 Å². The number of hydrogen-bond acceptors (Lipinski definition) is 1. The van der Waals surface area contributed by atoms with Gasteiger partial charge in [-0.05, 0) is 78.2 Å². The van der Waals surface area contributed by atoms with Crippen molar-refractivity contribution in [2.24, 2.45) is 11.8 Å². The van der Waals surface area contributed by atoms with E-state index in [4.69, 9.17) is 0 Å². The van der Waals surface area contributed by atoms with E-state index < -0.39 is 5.97 Å². The monoisotopic (exact) mass is 290 g/mol. The third kappa shape index (κ3) is 2.58. The second-order valence-corrected chi connectivity index (χ2v) is 7.03. The average molecular weight is 290 g/mol. The van der Waals surface area contributed by atoms with Crippen molar-refractivity contribution in [1.82, 2.24) is 0 Å². The first-order valence-corrected chi connectivity index (χ1v) is 8.03. The molecule has 2 nitrogen and oxygen atoms in total. The highest BCUT2D eigenvalue weighted by Crippen LogP contribution is 2.41. The lowest BCUT2D eigenvalue weighted by Crippen LogP contribution is -2.10. The molecule has 1 N–H and O–H groups in total. The van der Waals surface area contributed by atoms with Crippen LogP contribution in [0.3, 0.4) is 0 Å². The Bertz CT molecular complexity index is 590. The Kier molecular flexibility index (Phi) is 3.76. The van der Waals surface area contributed by atoms with Crippen LogP contribution in [0, 0.1) is 17.7 Å². The zero-order chi connectivity index (χ0) is 15.1. The molecule has 114 valence electrons. The van der Waals surface area contributed by atoms with Gasteiger partial charge in [0.05, 0.1) is 6.42 Å². The predicted molar refractivity (Wildman–Crippen MR) is 80.1 cm³/mol. The van der Waals surface area contributed by atoms with Gasteiger partial charge in [-0.2, -0.15) is 0 Å². The van der Waals surface area contributed by atoms with E-state index in [1.807, 2.05) is 0 Å². The Hall–Kier alpha value is -1.38. The normalized spacial score (nSPS) is 19.9. The number of carboxylic acid groups (broad SMARTS) is 1. The Morgan fingerprint density at radius 1 is 1.19 bits per heavy atom. The molecule has 3 rings (SSSR count). The minimum absolute atomic E-state index is 0.0158. The van der Waals surface area contributed by atoms with E-state index in [1.54, 1.807) is 0 Å². The lowest BCUT2D eigenvalue weighted by atomic mass is 9.91. The first-order valence-electron chi connectivity index (χ1n) is 8.03. The van der Waals surface area contributed by atoms with Gasteiger partial charge in [0.25, 0.3) is 0 Å². The van der Waals surface area contributed by atoms with Gasteiger partial charge in [0.15, 0.2) is 0 Å². The van der Waals surface area contributed by atoms with Gasteiger partial charge < -0.3 is 5.11 Å². The fourth-order valence-corrected chi connectivity index (χ4v) is 4.30. The fourth-order valence-electron chi connectivity index (χ4n) is 4.30. The summed E-state index contributed by atoms with van der Waals surface area (Å²) in [5.74, 6) is 0.259. The summed E-state index contributed by atoms with van der Waals surface area (Å²) >= 11 is 0. The van der Waals surface area contributed by atoms with Gasteiger partial charge in [0.1, 0.15) is 5.82 Å². The van der Waals surface area contributed by atoms with Crippen molar-refractivity contribution in [2.75, 3.05) is 0 Å². The summed E-state index contributed by atoms with van der Waals surface area (Å²) in [6.07, 6.45) is 5.37. The number of hydrogen-bond donors (Lipinski definition) is 1. The Labute approximate surface area is 125 Å². The second-order valence-electron chi connectivity index (χ2n) is 7.03. The number of benzene rings is 1. The average Bonchev–Trinajstić information content (AvgIpc) is 2.99. The van der Waals surface area contributed by atoms with Crippen molar-refractivity contribution in [3.05, 3.63) is 33.6 Å². The highest BCUT2D eigenvalue weighted by atomic mass is 19.1. The minimum Gasteiger partial charge on any atom is -0.481 e. The summed E-state index contributed by atoms with van der Waals surface area (Å²) in [6.45, 7) is 4.38. The van der Waals surface area contributed by atoms with E-state index in [9.17, 15) is 14.3 Å². The molecular formula is C18H23FO2. The molecule has 0 saturated heterocycles. The molecule has 2 aliphatic rings. The van der Waals surface area contributed by atoms with Crippen LogP contribution in [-0.2, 0) is 36.9 Å². The molecule has 0 aromatic heterocycles. The van der Waals surface area contributed by atoms with Crippen LogP contribution in [0.1, 0.15) is 54.5 Å². The second kappa shape index (κ2) is 5.43. The third-order valence-corrected chi connectivity index (χ3v) is 4.96. The molecule has 0 fully saturated rings. The van der Waals surface area contributed by atoms with Gasteiger partial charge in [-0.15, -0.1) is 0 Å². The summed E-state index contributed by atoms with van der Waals surface area (Å²) < 4.78 is 14.8. The molecule has 0 bridgehead atoms. The molecule has 21 heavy (non-hydrogen) atoms. The van der Waals surface area contributed by atoms with Crippen molar-refractivity contribution >= 4 is 5.97 Å². The van der Waals surface area contributed by atoms with Gasteiger partial charge >= 0.3 is 5.97 Å². The highest BCUT2D eigenvalue weighted by molar-refractivity contribution is 5.72. The fraction of sp³-hybridized carbons (Fsp3) is 0.611. The van der Waals surface area contributed by atoms with Gasteiger partial charge in [-0.3, -0.25) is 4.79 Å². The number of fused-ring (bicyclic) bond motifs is 2. The Morgan fingerprint density at radius 3 is 2.52 bits per heavy atom. The summed E-state index contributed by atoms with van der Waals surface area (Å²) in [6, 6.07) is 0. The van der Waals surface area contributed by atoms with Crippen molar-refractivity contribution in [3.63, 3.8) is 0 Å². The van der Waals surface area contributed by atoms with Crippen LogP contribution in [0.5, 0.6) is 0 Å². The lowest BCUT2D eigenvalue weighted by molar-refractivity contribution is -0.136. The van der Waals surface area contributed by atoms with Crippen LogP contribution in [0.4, 0.5) is 4.39 Å². The molecule has 0 saturated carbocycles. The first kappa shape index (κ1) is 14.6. The minimum atomic E-state index is -0.801. The maximum Gasteiger partial charge on any atom is 0.307 e. The molecule has 3 heteroatoms. The Morgan fingerprint density at radius 2 is 1.86 bits per heavy atom. The molecule has 1 atom stereocenters. The lowest BCUT2D eigenvalue weighted by Gasteiger charge is -2.15. The maximum absolute atomic E-state index is 14.8. The standard InChI is InChI=1S/C18H23FO2/c1-10(2)6-11-7-14-15(9-17(20)21)12-4-3-5-13(12)18(19)16(14)8-11/h10-11H,3-9H2,1-2H3,(H,20,21). The zero-order valence-electron chi connectivity index (χ0n) is 12.8. The summed E-state index contributed by atoms with van der Waals surface area (Å²) in [5.41, 5.74) is 4.63. The van der Waals surface area contributed by atoms with Crippen LogP contribution >= 0.6 is 0 Å². The van der Waals surface area contributed by atoms with Crippen molar-refractivity contribution in [2.45, 2.75) is 58.8 Å². The van der Waals surface area contributed by atoms with E-state index in [1.165, 1.54) is 0 Å². The number of aliphatic carboxylic acids is 1. The number of halogens is 1. The molecule has 0 radical (unpaired) electrons. The molecular weight excluding hydrogens is 267 g/mol. The van der Waals surface area contributed by atoms with Crippen molar-refractivity contribution < 1.29 is 14.3 Å². The summed E-state index contributed by atoms with van der Waals surface area (Å²) in [5, 5.41) is 9.22. The molecule has 0 spiro atoms. The van der Waals surface area contributed by atoms with Crippen LogP contribution < -0.4 is 0 Å². The number of rotatable bonds is 4. The van der Waals surface area contributed by atoms with Gasteiger partial charge in [0, 0.05) is 0 Å². The molecule has 1 aromatic rings. The third-order valence-electron chi connectivity index (χ3n) is 4.96. The van der Waals surface area contributed by atoms with Gasteiger partial charge in [-0.25, -0.2) is 4.39 Å². The predicted octanol–water partition coefficient (Wildman–Crippen LogP) is 3.70. The van der Waals surface area contributed by atoms with Gasteiger partial charge in [0.2, 0.25) is 0 Å². The maximum atomic E-state index is 14.8. The van der Waals surface area contributed by atoms with Crippen LogP contribution in [0.25, 0.3) is 0 Å². The number of carbonyl (C=O) groups is 1. The summed E-state index contributed by atoms with van der Waals surface area (Å²) in [7, 11) is 0. The van der Waals surface area contributed by atoms with Crippen molar-refractivity contribution in [1.29, 1.82) is 0 Å². The molecule has 1 aromatic carbocycles. The first-order chi connectivity index (χ1) is 9.97. The molecule has 2 aliphatic carbocycles. The topological polar surface area (TPSA) is 37.3 Å². The molecule has 0 heterocycles.